The van der Waals surface area contributed by atoms with Gasteiger partial charge in [-0.3, -0.25) is 9.59 Å². The zero-order valence-electron chi connectivity index (χ0n) is 15.3. The highest BCUT2D eigenvalue weighted by Gasteiger charge is 2.31. The lowest BCUT2D eigenvalue weighted by molar-refractivity contribution is -0.143. The second kappa shape index (κ2) is 8.18. The molecule has 0 saturated heterocycles. The van der Waals surface area contributed by atoms with E-state index in [1.165, 1.54) is 4.90 Å². The number of ether oxygens (including phenoxy) is 2. The van der Waals surface area contributed by atoms with Gasteiger partial charge in [0.25, 0.3) is 5.91 Å². The fourth-order valence-corrected chi connectivity index (χ4v) is 2.83. The first-order chi connectivity index (χ1) is 11.9. The molecule has 0 unspecified atom stereocenters. The van der Waals surface area contributed by atoms with Crippen molar-refractivity contribution in [3.8, 4) is 0 Å². The van der Waals surface area contributed by atoms with Crippen LogP contribution in [0.5, 0.6) is 0 Å². The van der Waals surface area contributed by atoms with E-state index in [1.54, 1.807) is 27.7 Å². The van der Waals surface area contributed by atoms with Crippen LogP contribution < -0.4 is 0 Å². The second-order valence-corrected chi connectivity index (χ2v) is 6.28. The first-order valence-corrected chi connectivity index (χ1v) is 8.70. The van der Waals surface area contributed by atoms with Gasteiger partial charge < -0.3 is 19.4 Å². The quantitative estimate of drug-likeness (QED) is 0.726. The molecule has 25 heavy (non-hydrogen) atoms. The largest absolute Gasteiger partial charge is 0.465 e. The van der Waals surface area contributed by atoms with E-state index in [4.69, 9.17) is 9.47 Å². The number of H-pyrrole nitrogens is 1. The van der Waals surface area contributed by atoms with Crippen LogP contribution in [0.15, 0.2) is 0 Å². The molecule has 1 heterocycles. The minimum Gasteiger partial charge on any atom is -0.465 e. The summed E-state index contributed by atoms with van der Waals surface area (Å²) in [5, 5.41) is 0. The number of nitrogens with zero attached hydrogens (tertiary/aromatic N) is 1. The SMILES string of the molecule is CCOC(=O)CN(CC1CC1)C(=O)c1[nH]c(C)c(C(=O)OCC)c1C. The Bertz CT molecular complexity index is 661. The normalized spacial score (nSPS) is 13.4. The Kier molecular flexibility index (Phi) is 6.22. The van der Waals surface area contributed by atoms with Crippen LogP contribution >= 0.6 is 0 Å². The summed E-state index contributed by atoms with van der Waals surface area (Å²) in [6, 6.07) is 0. The zero-order chi connectivity index (χ0) is 18.6. The molecule has 0 spiro atoms. The van der Waals surface area contributed by atoms with E-state index in [9.17, 15) is 14.4 Å². The van der Waals surface area contributed by atoms with Gasteiger partial charge in [0.2, 0.25) is 0 Å². The van der Waals surface area contributed by atoms with Gasteiger partial charge in [0, 0.05) is 12.2 Å². The molecule has 138 valence electrons. The first kappa shape index (κ1) is 19.0. The van der Waals surface area contributed by atoms with Crippen LogP contribution in [-0.2, 0) is 14.3 Å². The zero-order valence-corrected chi connectivity index (χ0v) is 15.3. The van der Waals surface area contributed by atoms with Crippen LogP contribution in [0.1, 0.15) is 58.8 Å². The predicted octanol–water partition coefficient (Wildman–Crippen LogP) is 2.22. The molecule has 1 N–H and O–H groups in total. The van der Waals surface area contributed by atoms with Gasteiger partial charge >= 0.3 is 11.9 Å². The number of hydrogen-bond donors (Lipinski definition) is 1. The summed E-state index contributed by atoms with van der Waals surface area (Å²) in [5.74, 6) is -0.745. The van der Waals surface area contributed by atoms with Crippen LogP contribution in [0, 0.1) is 19.8 Å². The maximum atomic E-state index is 12.9. The highest BCUT2D eigenvalue weighted by Crippen LogP contribution is 2.30. The highest BCUT2D eigenvalue weighted by molar-refractivity contribution is 6.01. The van der Waals surface area contributed by atoms with Crippen LogP contribution in [0.25, 0.3) is 0 Å². The van der Waals surface area contributed by atoms with E-state index >= 15 is 0 Å². The number of esters is 2. The Hall–Kier alpha value is -2.31. The first-order valence-electron chi connectivity index (χ1n) is 8.70. The maximum Gasteiger partial charge on any atom is 0.340 e. The summed E-state index contributed by atoms with van der Waals surface area (Å²) in [4.78, 5) is 41.4. The van der Waals surface area contributed by atoms with Gasteiger partial charge in [-0.25, -0.2) is 4.79 Å². The summed E-state index contributed by atoms with van der Waals surface area (Å²) in [5.41, 5.74) is 1.84. The Balaban J connectivity index is 2.24. The van der Waals surface area contributed by atoms with Crippen molar-refractivity contribution in [2.75, 3.05) is 26.3 Å². The highest BCUT2D eigenvalue weighted by atomic mass is 16.5. The van der Waals surface area contributed by atoms with Gasteiger partial charge in [-0.05, 0) is 52.0 Å². The number of nitrogens with one attached hydrogen (secondary N) is 1. The third kappa shape index (κ3) is 4.61. The molecular formula is C18H26N2O5. The molecule has 1 aliphatic carbocycles. The predicted molar refractivity (Wildman–Crippen MR) is 91.5 cm³/mol. The average molecular weight is 350 g/mol. The average Bonchev–Trinajstić information content (AvgIpc) is 3.30. The number of carbonyl (C=O) groups is 3. The lowest BCUT2D eigenvalue weighted by Crippen LogP contribution is -2.38. The minimum atomic E-state index is -0.452. The van der Waals surface area contributed by atoms with E-state index in [1.807, 2.05) is 0 Å². The van der Waals surface area contributed by atoms with Crippen molar-refractivity contribution in [2.45, 2.75) is 40.5 Å². The molecule has 1 aromatic heterocycles. The smallest absolute Gasteiger partial charge is 0.340 e. The van der Waals surface area contributed by atoms with Crippen LogP contribution in [-0.4, -0.2) is 54.0 Å². The number of aryl methyl sites for hydroxylation is 1. The number of rotatable bonds is 8. The molecular weight excluding hydrogens is 324 g/mol. The molecule has 1 amide bonds. The molecule has 1 aliphatic rings. The van der Waals surface area contributed by atoms with Crippen molar-refractivity contribution in [1.29, 1.82) is 0 Å². The lowest BCUT2D eigenvalue weighted by atomic mass is 10.1. The molecule has 7 nitrogen and oxygen atoms in total. The Labute approximate surface area is 147 Å². The van der Waals surface area contributed by atoms with Crippen molar-refractivity contribution < 1.29 is 23.9 Å². The molecule has 0 atom stereocenters. The van der Waals surface area contributed by atoms with E-state index in [0.717, 1.165) is 12.8 Å². The van der Waals surface area contributed by atoms with Crippen LogP contribution in [0.3, 0.4) is 0 Å². The Morgan fingerprint density at radius 2 is 1.76 bits per heavy atom. The van der Waals surface area contributed by atoms with Crippen molar-refractivity contribution in [3.05, 3.63) is 22.5 Å². The standard InChI is InChI=1S/C18H26N2O5/c1-5-24-14(21)10-20(9-13-7-8-13)17(22)16-11(3)15(12(4)19-16)18(23)25-6-2/h13,19H,5-10H2,1-4H3. The lowest BCUT2D eigenvalue weighted by Gasteiger charge is -2.21. The fraction of sp³-hybridized carbons (Fsp3) is 0.611. The summed E-state index contributed by atoms with van der Waals surface area (Å²) < 4.78 is 10.0. The molecule has 1 aromatic rings. The van der Waals surface area contributed by atoms with Gasteiger partial charge in [-0.15, -0.1) is 0 Å². The molecule has 0 aliphatic heterocycles. The van der Waals surface area contributed by atoms with Gasteiger partial charge in [0.1, 0.15) is 12.2 Å². The van der Waals surface area contributed by atoms with Crippen molar-refractivity contribution in [3.63, 3.8) is 0 Å². The Morgan fingerprint density at radius 1 is 1.12 bits per heavy atom. The second-order valence-electron chi connectivity index (χ2n) is 6.28. The summed E-state index contributed by atoms with van der Waals surface area (Å²) in [6.45, 7) is 7.88. The van der Waals surface area contributed by atoms with Gasteiger partial charge in [-0.2, -0.15) is 0 Å². The number of aromatic amines is 1. The summed E-state index contributed by atoms with van der Waals surface area (Å²) >= 11 is 0. The fourth-order valence-electron chi connectivity index (χ4n) is 2.83. The van der Waals surface area contributed by atoms with E-state index < -0.39 is 11.9 Å². The number of carbonyl (C=O) groups excluding carboxylic acids is 3. The topological polar surface area (TPSA) is 88.7 Å². The Morgan fingerprint density at radius 3 is 2.32 bits per heavy atom. The van der Waals surface area contributed by atoms with Crippen molar-refractivity contribution >= 4 is 17.8 Å². The number of amides is 1. The van der Waals surface area contributed by atoms with Crippen LogP contribution in [0.2, 0.25) is 0 Å². The number of hydrogen-bond acceptors (Lipinski definition) is 5. The number of aromatic nitrogens is 1. The summed E-state index contributed by atoms with van der Waals surface area (Å²) in [6.07, 6.45) is 2.12. The molecule has 0 aromatic carbocycles. The van der Waals surface area contributed by atoms with E-state index in [2.05, 4.69) is 4.98 Å². The monoisotopic (exact) mass is 350 g/mol. The molecule has 7 heteroatoms. The molecule has 1 fully saturated rings. The molecule has 2 rings (SSSR count). The van der Waals surface area contributed by atoms with Crippen molar-refractivity contribution in [1.82, 2.24) is 9.88 Å². The van der Waals surface area contributed by atoms with E-state index in [-0.39, 0.29) is 25.7 Å². The third-order valence-corrected chi connectivity index (χ3v) is 4.22. The third-order valence-electron chi connectivity index (χ3n) is 4.22. The van der Waals surface area contributed by atoms with E-state index in [0.29, 0.717) is 35.0 Å². The van der Waals surface area contributed by atoms with Gasteiger partial charge in [0.05, 0.1) is 18.8 Å². The minimum absolute atomic E-state index is 0.0879. The van der Waals surface area contributed by atoms with Gasteiger partial charge in [0.15, 0.2) is 0 Å². The van der Waals surface area contributed by atoms with Crippen molar-refractivity contribution in [2.24, 2.45) is 5.92 Å². The summed E-state index contributed by atoms with van der Waals surface area (Å²) in [7, 11) is 0. The maximum absolute atomic E-state index is 12.9. The van der Waals surface area contributed by atoms with Gasteiger partial charge in [-0.1, -0.05) is 0 Å². The van der Waals surface area contributed by atoms with Crippen LogP contribution in [0.4, 0.5) is 0 Å². The molecule has 0 bridgehead atoms. The molecule has 0 radical (unpaired) electrons. The molecule has 1 saturated carbocycles.